The molecule has 0 aliphatic rings. The van der Waals surface area contributed by atoms with Crippen LogP contribution in [-0.4, -0.2) is 22.0 Å². The summed E-state index contributed by atoms with van der Waals surface area (Å²) >= 11 is 0. The van der Waals surface area contributed by atoms with E-state index < -0.39 is 0 Å². The van der Waals surface area contributed by atoms with Crippen molar-refractivity contribution in [2.75, 3.05) is 12.4 Å². The van der Waals surface area contributed by atoms with Gasteiger partial charge in [0, 0.05) is 25.1 Å². The topological polar surface area (TPSA) is 53.6 Å². The minimum absolute atomic E-state index is 0.819. The second-order valence-electron chi connectivity index (χ2n) is 3.36. The predicted molar refractivity (Wildman–Crippen MR) is 59.8 cm³/mol. The Labute approximate surface area is 88.8 Å². The molecule has 0 aliphatic heterocycles. The first-order valence-corrected chi connectivity index (χ1v) is 4.99. The lowest BCUT2D eigenvalue weighted by molar-refractivity contribution is 0.922. The first-order chi connectivity index (χ1) is 7.38. The van der Waals surface area contributed by atoms with Crippen LogP contribution >= 0.6 is 0 Å². The fraction of sp³-hybridized carbons (Fsp3) is 0.273. The molecule has 0 amide bonds. The zero-order valence-electron chi connectivity index (χ0n) is 8.70. The molecule has 0 unspecified atom stereocenters. The zero-order chi connectivity index (χ0) is 10.5. The molecule has 15 heavy (non-hydrogen) atoms. The molecule has 0 radical (unpaired) electrons. The van der Waals surface area contributed by atoms with Gasteiger partial charge in [-0.3, -0.25) is 4.98 Å². The minimum Gasteiger partial charge on any atom is -0.359 e. The highest BCUT2D eigenvalue weighted by atomic mass is 15.1. The molecule has 2 aromatic rings. The predicted octanol–water partition coefficient (Wildman–Crippen LogP) is 1.63. The van der Waals surface area contributed by atoms with E-state index in [4.69, 9.17) is 0 Å². The van der Waals surface area contributed by atoms with Crippen molar-refractivity contribution >= 4 is 5.95 Å². The van der Waals surface area contributed by atoms with Crippen molar-refractivity contribution in [2.45, 2.75) is 12.8 Å². The van der Waals surface area contributed by atoms with E-state index in [1.54, 1.807) is 0 Å². The average Bonchev–Trinajstić information content (AvgIpc) is 2.76. The van der Waals surface area contributed by atoms with Crippen LogP contribution in [0.2, 0.25) is 0 Å². The molecule has 2 heterocycles. The molecule has 0 aromatic carbocycles. The van der Waals surface area contributed by atoms with E-state index in [1.807, 2.05) is 37.8 Å². The number of aromatic nitrogens is 3. The summed E-state index contributed by atoms with van der Waals surface area (Å²) in [4.78, 5) is 11.4. The normalized spacial score (nSPS) is 10.2. The number of nitrogens with zero attached hydrogens (tertiary/aromatic N) is 2. The SMILES string of the molecule is CNc1ncc(CCc2ccncc2)[nH]1. The highest BCUT2D eigenvalue weighted by Gasteiger charge is 1.99. The van der Waals surface area contributed by atoms with Gasteiger partial charge in [-0.15, -0.1) is 0 Å². The summed E-state index contributed by atoms with van der Waals surface area (Å²) in [5.74, 6) is 0.819. The van der Waals surface area contributed by atoms with Crippen molar-refractivity contribution in [3.63, 3.8) is 0 Å². The lowest BCUT2D eigenvalue weighted by atomic mass is 10.1. The number of hydrogen-bond acceptors (Lipinski definition) is 3. The van der Waals surface area contributed by atoms with Gasteiger partial charge >= 0.3 is 0 Å². The third-order valence-corrected chi connectivity index (χ3v) is 2.30. The number of aromatic amines is 1. The van der Waals surface area contributed by atoms with Crippen molar-refractivity contribution < 1.29 is 0 Å². The van der Waals surface area contributed by atoms with Crippen LogP contribution in [0.25, 0.3) is 0 Å². The molecule has 0 aliphatic carbocycles. The van der Waals surface area contributed by atoms with Gasteiger partial charge in [0.15, 0.2) is 5.95 Å². The number of nitrogens with one attached hydrogen (secondary N) is 2. The Kier molecular flexibility index (Phi) is 2.97. The molecule has 4 heteroatoms. The molecule has 0 bridgehead atoms. The molecule has 0 spiro atoms. The summed E-state index contributed by atoms with van der Waals surface area (Å²) in [6.07, 6.45) is 7.49. The zero-order valence-corrected chi connectivity index (χ0v) is 8.70. The third kappa shape index (κ3) is 2.56. The van der Waals surface area contributed by atoms with Gasteiger partial charge in [-0.2, -0.15) is 0 Å². The number of anilines is 1. The molecule has 0 atom stereocenters. The third-order valence-electron chi connectivity index (χ3n) is 2.30. The lowest BCUT2D eigenvalue weighted by Gasteiger charge is -1.98. The first-order valence-electron chi connectivity index (χ1n) is 4.99. The summed E-state index contributed by atoms with van der Waals surface area (Å²) in [6, 6.07) is 4.07. The molecule has 0 fully saturated rings. The van der Waals surface area contributed by atoms with Crippen LogP contribution in [0, 0.1) is 0 Å². The van der Waals surface area contributed by atoms with Gasteiger partial charge in [0.2, 0.25) is 0 Å². The van der Waals surface area contributed by atoms with Crippen LogP contribution < -0.4 is 5.32 Å². The number of H-pyrrole nitrogens is 1. The van der Waals surface area contributed by atoms with E-state index in [0.717, 1.165) is 24.5 Å². The summed E-state index contributed by atoms with van der Waals surface area (Å²) in [5, 5.41) is 2.97. The molecule has 2 aromatic heterocycles. The fourth-order valence-corrected chi connectivity index (χ4v) is 1.44. The van der Waals surface area contributed by atoms with Gasteiger partial charge in [0.25, 0.3) is 0 Å². The van der Waals surface area contributed by atoms with Crippen LogP contribution in [0.4, 0.5) is 5.95 Å². The van der Waals surface area contributed by atoms with E-state index in [-0.39, 0.29) is 0 Å². The van der Waals surface area contributed by atoms with E-state index in [1.165, 1.54) is 5.56 Å². The van der Waals surface area contributed by atoms with Gasteiger partial charge in [0.05, 0.1) is 6.20 Å². The van der Waals surface area contributed by atoms with Crippen LogP contribution in [0.15, 0.2) is 30.7 Å². The monoisotopic (exact) mass is 202 g/mol. The maximum absolute atomic E-state index is 4.17. The first kappa shape index (κ1) is 9.71. The van der Waals surface area contributed by atoms with E-state index in [2.05, 4.69) is 20.3 Å². The van der Waals surface area contributed by atoms with Gasteiger partial charge in [-0.1, -0.05) is 0 Å². The molecular formula is C11H14N4. The second kappa shape index (κ2) is 4.59. The maximum atomic E-state index is 4.17. The van der Waals surface area contributed by atoms with Crippen LogP contribution in [0.5, 0.6) is 0 Å². The number of pyridine rings is 1. The number of hydrogen-bond donors (Lipinski definition) is 2. The van der Waals surface area contributed by atoms with Gasteiger partial charge < -0.3 is 10.3 Å². The Bertz CT molecular complexity index is 408. The highest BCUT2D eigenvalue weighted by molar-refractivity contribution is 5.25. The Morgan fingerprint density at radius 2 is 2.07 bits per heavy atom. The summed E-state index contributed by atoms with van der Waals surface area (Å²) in [7, 11) is 1.85. The number of rotatable bonds is 4. The molecule has 2 N–H and O–H groups in total. The minimum atomic E-state index is 0.819. The summed E-state index contributed by atoms with van der Waals surface area (Å²) in [6.45, 7) is 0. The van der Waals surface area contributed by atoms with E-state index >= 15 is 0 Å². The Hall–Kier alpha value is -1.84. The van der Waals surface area contributed by atoms with Gasteiger partial charge in [0.1, 0.15) is 0 Å². The van der Waals surface area contributed by atoms with Crippen LogP contribution in [0.3, 0.4) is 0 Å². The Morgan fingerprint density at radius 1 is 1.27 bits per heavy atom. The van der Waals surface area contributed by atoms with Crippen molar-refractivity contribution in [1.82, 2.24) is 15.0 Å². The molecular weight excluding hydrogens is 188 g/mol. The Balaban J connectivity index is 1.93. The Morgan fingerprint density at radius 3 is 2.73 bits per heavy atom. The highest BCUT2D eigenvalue weighted by Crippen LogP contribution is 2.06. The van der Waals surface area contributed by atoms with E-state index in [0.29, 0.717) is 0 Å². The van der Waals surface area contributed by atoms with Crippen molar-refractivity contribution in [3.05, 3.63) is 42.0 Å². The molecule has 2 rings (SSSR count). The second-order valence-corrected chi connectivity index (χ2v) is 3.36. The van der Waals surface area contributed by atoms with Gasteiger partial charge in [-0.05, 0) is 30.5 Å². The molecule has 78 valence electrons. The average molecular weight is 202 g/mol. The smallest absolute Gasteiger partial charge is 0.200 e. The molecule has 0 saturated carbocycles. The van der Waals surface area contributed by atoms with Crippen LogP contribution in [-0.2, 0) is 12.8 Å². The maximum Gasteiger partial charge on any atom is 0.200 e. The van der Waals surface area contributed by atoms with Crippen molar-refractivity contribution in [1.29, 1.82) is 0 Å². The molecule has 0 saturated heterocycles. The van der Waals surface area contributed by atoms with Crippen molar-refractivity contribution in [3.8, 4) is 0 Å². The standard InChI is InChI=1S/C11H14N4/c1-12-11-14-8-10(15-11)3-2-9-4-6-13-7-5-9/h4-8H,2-3H2,1H3,(H2,12,14,15). The largest absolute Gasteiger partial charge is 0.359 e. The number of aryl methyl sites for hydroxylation is 2. The number of imidazole rings is 1. The van der Waals surface area contributed by atoms with E-state index in [9.17, 15) is 0 Å². The van der Waals surface area contributed by atoms with Crippen LogP contribution in [0.1, 0.15) is 11.3 Å². The quantitative estimate of drug-likeness (QED) is 0.792. The summed E-state index contributed by atoms with van der Waals surface area (Å²) in [5.41, 5.74) is 2.45. The molecule has 4 nitrogen and oxygen atoms in total. The summed E-state index contributed by atoms with van der Waals surface area (Å²) < 4.78 is 0. The fourth-order valence-electron chi connectivity index (χ4n) is 1.44. The van der Waals surface area contributed by atoms with Crippen molar-refractivity contribution in [2.24, 2.45) is 0 Å². The lowest BCUT2D eigenvalue weighted by Crippen LogP contribution is -1.93. The van der Waals surface area contributed by atoms with Gasteiger partial charge in [-0.25, -0.2) is 4.98 Å².